The average Bonchev–Trinajstić information content (AvgIpc) is 3.01. The summed E-state index contributed by atoms with van der Waals surface area (Å²) >= 11 is 1.58. The molecule has 118 valence electrons. The Balaban J connectivity index is 1.93. The van der Waals surface area contributed by atoms with Crippen molar-refractivity contribution in [2.45, 2.75) is 52.5 Å². The Kier molecular flexibility index (Phi) is 3.76. The van der Waals surface area contributed by atoms with E-state index in [0.717, 1.165) is 35.0 Å². The fraction of sp³-hybridized carbons (Fsp3) is 0.600. The van der Waals surface area contributed by atoms with Gasteiger partial charge in [0.1, 0.15) is 11.3 Å². The van der Waals surface area contributed by atoms with E-state index in [2.05, 4.69) is 15.1 Å². The van der Waals surface area contributed by atoms with Crippen molar-refractivity contribution in [3.63, 3.8) is 0 Å². The van der Waals surface area contributed by atoms with Gasteiger partial charge < -0.3 is 0 Å². The van der Waals surface area contributed by atoms with Gasteiger partial charge in [-0.3, -0.25) is 9.69 Å². The highest BCUT2D eigenvalue weighted by molar-refractivity contribution is 7.16. The molecule has 7 heteroatoms. The molecule has 0 N–H and O–H groups in total. The predicted octanol–water partition coefficient (Wildman–Crippen LogP) is 2.78. The highest BCUT2D eigenvalue weighted by atomic mass is 32.1. The van der Waals surface area contributed by atoms with Crippen molar-refractivity contribution in [3.05, 3.63) is 22.9 Å². The Bertz CT molecular complexity index is 697. The third-order valence-corrected chi connectivity index (χ3v) is 4.73. The summed E-state index contributed by atoms with van der Waals surface area (Å²) in [6, 6.07) is 0. The van der Waals surface area contributed by atoms with Crippen LogP contribution in [0.2, 0.25) is 0 Å². The van der Waals surface area contributed by atoms with E-state index in [4.69, 9.17) is 0 Å². The van der Waals surface area contributed by atoms with Crippen molar-refractivity contribution in [3.8, 4) is 0 Å². The number of anilines is 1. The number of hydrogen-bond donors (Lipinski definition) is 0. The summed E-state index contributed by atoms with van der Waals surface area (Å²) in [7, 11) is 0. The smallest absolute Gasteiger partial charge is 0.295 e. The van der Waals surface area contributed by atoms with E-state index in [0.29, 0.717) is 6.54 Å². The first-order chi connectivity index (χ1) is 10.4. The number of hydrogen-bond acceptors (Lipinski definition) is 5. The van der Waals surface area contributed by atoms with Gasteiger partial charge >= 0.3 is 0 Å². The molecule has 0 bridgehead atoms. The van der Waals surface area contributed by atoms with E-state index in [1.54, 1.807) is 27.2 Å². The van der Waals surface area contributed by atoms with E-state index in [1.807, 2.05) is 27.7 Å². The van der Waals surface area contributed by atoms with Crippen LogP contribution in [0, 0.1) is 6.92 Å². The lowest BCUT2D eigenvalue weighted by molar-refractivity contribution is 0.0976. The lowest BCUT2D eigenvalue weighted by Crippen LogP contribution is -2.32. The monoisotopic (exact) mass is 319 g/mol. The number of fused-ring (bicyclic) bond motifs is 1. The zero-order valence-electron chi connectivity index (χ0n) is 13.5. The molecular weight excluding hydrogens is 298 g/mol. The standard InChI is InChI=1S/C15H21N5OS/c1-10-17-11-7-5-6-8-19(14(11)22-10)13(21)12-16-9-20(18-12)15(2,3)4/h9H,5-8H2,1-4H3. The van der Waals surface area contributed by atoms with Gasteiger partial charge in [-0.15, -0.1) is 16.4 Å². The van der Waals surface area contributed by atoms with Crippen molar-refractivity contribution in [1.29, 1.82) is 0 Å². The lowest BCUT2D eigenvalue weighted by Gasteiger charge is -2.19. The molecule has 1 aliphatic rings. The molecule has 0 atom stereocenters. The van der Waals surface area contributed by atoms with Crippen molar-refractivity contribution in [1.82, 2.24) is 19.7 Å². The van der Waals surface area contributed by atoms with E-state index < -0.39 is 0 Å². The van der Waals surface area contributed by atoms with Crippen molar-refractivity contribution in [2.24, 2.45) is 0 Å². The molecule has 1 amide bonds. The molecule has 0 spiro atoms. The molecule has 0 aromatic carbocycles. The zero-order chi connectivity index (χ0) is 15.9. The third-order valence-electron chi connectivity index (χ3n) is 3.69. The van der Waals surface area contributed by atoms with Gasteiger partial charge in [0.25, 0.3) is 5.91 Å². The normalized spacial score (nSPS) is 15.5. The van der Waals surface area contributed by atoms with Crippen LogP contribution in [-0.2, 0) is 12.0 Å². The number of aryl methyl sites for hydroxylation is 2. The van der Waals surface area contributed by atoms with Gasteiger partial charge in [-0.2, -0.15) is 0 Å². The molecule has 22 heavy (non-hydrogen) atoms. The zero-order valence-corrected chi connectivity index (χ0v) is 14.3. The fourth-order valence-corrected chi connectivity index (χ4v) is 3.48. The molecule has 2 aromatic heterocycles. The van der Waals surface area contributed by atoms with Gasteiger partial charge in [-0.1, -0.05) is 0 Å². The van der Waals surface area contributed by atoms with Crippen LogP contribution in [0.3, 0.4) is 0 Å². The number of aromatic nitrogens is 4. The van der Waals surface area contributed by atoms with Crippen LogP contribution >= 0.6 is 11.3 Å². The summed E-state index contributed by atoms with van der Waals surface area (Å²) in [6.45, 7) is 8.79. The quantitative estimate of drug-likeness (QED) is 0.811. The minimum absolute atomic E-state index is 0.130. The Labute approximate surface area is 134 Å². The van der Waals surface area contributed by atoms with E-state index in [-0.39, 0.29) is 17.3 Å². The average molecular weight is 319 g/mol. The molecule has 1 aliphatic heterocycles. The van der Waals surface area contributed by atoms with Gasteiger partial charge in [0.2, 0.25) is 5.82 Å². The molecule has 0 fully saturated rings. The van der Waals surface area contributed by atoms with Crippen LogP contribution in [0.1, 0.15) is 54.9 Å². The molecule has 0 unspecified atom stereocenters. The third kappa shape index (κ3) is 2.77. The second kappa shape index (κ2) is 5.46. The molecule has 3 rings (SSSR count). The Morgan fingerprint density at radius 1 is 1.32 bits per heavy atom. The molecule has 0 radical (unpaired) electrons. The summed E-state index contributed by atoms with van der Waals surface area (Å²) in [6.07, 6.45) is 4.61. The largest absolute Gasteiger partial charge is 0.298 e. The number of rotatable bonds is 1. The maximum Gasteiger partial charge on any atom is 0.298 e. The molecule has 0 aliphatic carbocycles. The number of carbonyl (C=O) groups is 1. The molecule has 6 nitrogen and oxygen atoms in total. The van der Waals surface area contributed by atoms with E-state index >= 15 is 0 Å². The van der Waals surface area contributed by atoms with Crippen molar-refractivity contribution >= 4 is 22.2 Å². The molecule has 3 heterocycles. The van der Waals surface area contributed by atoms with Gasteiger partial charge in [0.05, 0.1) is 16.2 Å². The van der Waals surface area contributed by atoms with Gasteiger partial charge in [-0.05, 0) is 47.0 Å². The Morgan fingerprint density at radius 3 is 2.77 bits per heavy atom. The first kappa shape index (κ1) is 15.1. The predicted molar refractivity (Wildman–Crippen MR) is 86.5 cm³/mol. The van der Waals surface area contributed by atoms with Gasteiger partial charge in [-0.25, -0.2) is 14.6 Å². The first-order valence-corrected chi connectivity index (χ1v) is 8.38. The Morgan fingerprint density at radius 2 is 2.09 bits per heavy atom. The second-order valence-electron chi connectivity index (χ2n) is 6.58. The highest BCUT2D eigenvalue weighted by Crippen LogP contribution is 2.33. The molecule has 0 saturated heterocycles. The molecule has 2 aromatic rings. The van der Waals surface area contributed by atoms with Crippen LogP contribution in [-0.4, -0.2) is 32.2 Å². The molecule has 0 saturated carbocycles. The summed E-state index contributed by atoms with van der Waals surface area (Å²) in [5.74, 6) is 0.128. The second-order valence-corrected chi connectivity index (χ2v) is 7.76. The summed E-state index contributed by atoms with van der Waals surface area (Å²) in [5.41, 5.74) is 0.847. The van der Waals surface area contributed by atoms with Gasteiger partial charge in [0.15, 0.2) is 0 Å². The maximum absolute atomic E-state index is 12.8. The first-order valence-electron chi connectivity index (χ1n) is 7.56. The van der Waals surface area contributed by atoms with Gasteiger partial charge in [0, 0.05) is 6.54 Å². The minimum Gasteiger partial charge on any atom is -0.295 e. The Hall–Kier alpha value is -1.76. The molecular formula is C15H21N5OS. The minimum atomic E-state index is -0.184. The summed E-state index contributed by atoms with van der Waals surface area (Å²) in [5, 5.41) is 6.33. The SMILES string of the molecule is Cc1nc2c(s1)N(C(=O)c1ncn(C(C)(C)C)n1)CCCC2. The maximum atomic E-state index is 12.8. The van der Waals surface area contributed by atoms with Crippen LogP contribution in [0.15, 0.2) is 6.33 Å². The number of amides is 1. The topological polar surface area (TPSA) is 63.9 Å². The number of thiazole rings is 1. The van der Waals surface area contributed by atoms with E-state index in [1.165, 1.54) is 0 Å². The van der Waals surface area contributed by atoms with Crippen LogP contribution < -0.4 is 4.90 Å². The summed E-state index contributed by atoms with van der Waals surface area (Å²) in [4.78, 5) is 23.4. The van der Waals surface area contributed by atoms with E-state index in [9.17, 15) is 4.79 Å². The fourth-order valence-electron chi connectivity index (χ4n) is 2.50. The number of carbonyl (C=O) groups excluding carboxylic acids is 1. The lowest BCUT2D eigenvalue weighted by atomic mass is 10.1. The number of nitrogens with zero attached hydrogens (tertiary/aromatic N) is 5. The van der Waals surface area contributed by atoms with Crippen molar-refractivity contribution in [2.75, 3.05) is 11.4 Å². The van der Waals surface area contributed by atoms with Crippen LogP contribution in [0.5, 0.6) is 0 Å². The summed E-state index contributed by atoms with van der Waals surface area (Å²) < 4.78 is 1.73. The van der Waals surface area contributed by atoms with Crippen molar-refractivity contribution < 1.29 is 4.79 Å². The van der Waals surface area contributed by atoms with Crippen LogP contribution in [0.4, 0.5) is 5.00 Å². The van der Waals surface area contributed by atoms with Crippen LogP contribution in [0.25, 0.3) is 0 Å². The highest BCUT2D eigenvalue weighted by Gasteiger charge is 2.28.